The van der Waals surface area contributed by atoms with E-state index in [0.29, 0.717) is 0 Å². The maximum Gasteiger partial charge on any atom is 0.229 e. The van der Waals surface area contributed by atoms with Crippen LogP contribution in [0.5, 0.6) is 0 Å². The van der Waals surface area contributed by atoms with Gasteiger partial charge in [0.25, 0.3) is 0 Å². The van der Waals surface area contributed by atoms with Gasteiger partial charge in [-0.1, -0.05) is 12.1 Å². The molecule has 20 heavy (non-hydrogen) atoms. The second-order valence-corrected chi connectivity index (χ2v) is 4.95. The molecule has 0 radical (unpaired) electrons. The third kappa shape index (κ3) is 1.78. The number of benzene rings is 1. The van der Waals surface area contributed by atoms with Gasteiger partial charge in [-0.3, -0.25) is 0 Å². The largest absolute Gasteiger partial charge is 0.308 e. The van der Waals surface area contributed by atoms with E-state index in [2.05, 4.69) is 24.5 Å². The number of fused-ring (bicyclic) bond motifs is 2. The third-order valence-electron chi connectivity index (χ3n) is 3.37. The van der Waals surface area contributed by atoms with Crippen molar-refractivity contribution in [2.75, 3.05) is 0 Å². The molecule has 0 fully saturated rings. The molecule has 1 aliphatic heterocycles. The van der Waals surface area contributed by atoms with Crippen molar-refractivity contribution in [2.45, 2.75) is 13.0 Å². The van der Waals surface area contributed by atoms with E-state index in [9.17, 15) is 0 Å². The lowest BCUT2D eigenvalue weighted by Gasteiger charge is -2.11. The van der Waals surface area contributed by atoms with Crippen LogP contribution in [0.1, 0.15) is 6.42 Å². The van der Waals surface area contributed by atoms with E-state index in [1.165, 1.54) is 0 Å². The fraction of sp³-hybridized carbons (Fsp3) is 0.143. The second-order valence-electron chi connectivity index (χ2n) is 4.61. The van der Waals surface area contributed by atoms with Crippen molar-refractivity contribution < 1.29 is 0 Å². The van der Waals surface area contributed by atoms with Crippen molar-refractivity contribution in [1.29, 1.82) is 0 Å². The summed E-state index contributed by atoms with van der Waals surface area (Å²) in [6.45, 7) is 0.900. The zero-order valence-electron chi connectivity index (χ0n) is 10.5. The molecule has 3 aromatic rings. The molecule has 0 saturated heterocycles. The van der Waals surface area contributed by atoms with Gasteiger partial charge in [-0.2, -0.15) is 0 Å². The molecule has 2 aromatic heterocycles. The zero-order chi connectivity index (χ0) is 13.5. The van der Waals surface area contributed by atoms with Gasteiger partial charge in [0.15, 0.2) is 0 Å². The van der Waals surface area contributed by atoms with E-state index in [0.717, 1.165) is 41.1 Å². The summed E-state index contributed by atoms with van der Waals surface area (Å²) in [4.78, 5) is 16.9. The highest BCUT2D eigenvalue weighted by molar-refractivity contribution is 6.28. The molecule has 1 aromatic carbocycles. The van der Waals surface area contributed by atoms with Crippen molar-refractivity contribution >= 4 is 34.7 Å². The van der Waals surface area contributed by atoms with Crippen LogP contribution >= 0.6 is 11.6 Å². The fourth-order valence-electron chi connectivity index (χ4n) is 2.41. The van der Waals surface area contributed by atoms with Crippen LogP contribution in [0.15, 0.2) is 35.6 Å². The van der Waals surface area contributed by atoms with E-state index in [1.54, 1.807) is 6.20 Å². The SMILES string of the molecule is Clc1ncc2ccc(-c3cnc4n3CCC=N4)cc2n1. The van der Waals surface area contributed by atoms with Crippen LogP contribution < -0.4 is 0 Å². The van der Waals surface area contributed by atoms with Crippen molar-refractivity contribution in [3.05, 3.63) is 35.9 Å². The Hall–Kier alpha value is -2.27. The summed E-state index contributed by atoms with van der Waals surface area (Å²) in [5.74, 6) is 0.757. The van der Waals surface area contributed by atoms with Crippen molar-refractivity contribution in [3.8, 4) is 11.3 Å². The van der Waals surface area contributed by atoms with Crippen LogP contribution in [0, 0.1) is 0 Å². The normalized spacial score (nSPS) is 13.7. The van der Waals surface area contributed by atoms with Crippen LogP contribution in [0.4, 0.5) is 5.95 Å². The molecule has 3 heterocycles. The summed E-state index contributed by atoms with van der Waals surface area (Å²) >= 11 is 5.85. The fourth-order valence-corrected chi connectivity index (χ4v) is 2.55. The Morgan fingerprint density at radius 1 is 1.15 bits per heavy atom. The molecule has 0 bridgehead atoms. The summed E-state index contributed by atoms with van der Waals surface area (Å²) < 4.78 is 2.12. The van der Waals surface area contributed by atoms with Crippen LogP contribution in [-0.2, 0) is 6.54 Å². The maximum absolute atomic E-state index is 5.85. The summed E-state index contributed by atoms with van der Waals surface area (Å²) in [5.41, 5.74) is 2.94. The molecule has 0 amide bonds. The molecular formula is C14H10ClN5. The average Bonchev–Trinajstić information content (AvgIpc) is 2.90. The zero-order valence-corrected chi connectivity index (χ0v) is 11.2. The molecule has 5 nitrogen and oxygen atoms in total. The van der Waals surface area contributed by atoms with Gasteiger partial charge in [0.2, 0.25) is 11.2 Å². The Kier molecular flexibility index (Phi) is 2.53. The second kappa shape index (κ2) is 4.38. The standard InChI is InChI=1S/C14H10ClN5/c15-13-17-7-10-3-2-9(6-11(10)19-13)12-8-18-14-16-4-1-5-20(12)14/h2-4,6-8H,1,5H2. The van der Waals surface area contributed by atoms with Crippen LogP contribution in [-0.4, -0.2) is 25.7 Å². The first kappa shape index (κ1) is 11.5. The van der Waals surface area contributed by atoms with Crippen LogP contribution in [0.25, 0.3) is 22.2 Å². The van der Waals surface area contributed by atoms with Gasteiger partial charge < -0.3 is 4.57 Å². The Morgan fingerprint density at radius 2 is 2.10 bits per heavy atom. The van der Waals surface area contributed by atoms with E-state index in [1.807, 2.05) is 30.6 Å². The van der Waals surface area contributed by atoms with Gasteiger partial charge in [-0.05, 0) is 17.7 Å². The summed E-state index contributed by atoms with van der Waals surface area (Å²) in [6.07, 6.45) is 6.41. The van der Waals surface area contributed by atoms with Crippen molar-refractivity contribution in [1.82, 2.24) is 19.5 Å². The summed E-state index contributed by atoms with van der Waals surface area (Å²) in [6, 6.07) is 6.04. The number of nitrogens with zero attached hydrogens (tertiary/aromatic N) is 5. The number of halogens is 1. The number of hydrogen-bond acceptors (Lipinski definition) is 4. The number of aliphatic imine (C=N–C) groups is 1. The Balaban J connectivity index is 1.90. The number of aromatic nitrogens is 4. The lowest BCUT2D eigenvalue weighted by atomic mass is 10.1. The molecule has 0 aliphatic carbocycles. The Bertz CT molecular complexity index is 837. The average molecular weight is 284 g/mol. The minimum absolute atomic E-state index is 0.259. The molecule has 0 N–H and O–H groups in total. The van der Waals surface area contributed by atoms with Gasteiger partial charge in [0.1, 0.15) is 0 Å². The molecule has 1 aliphatic rings. The molecule has 4 rings (SSSR count). The third-order valence-corrected chi connectivity index (χ3v) is 3.55. The molecule has 0 unspecified atom stereocenters. The van der Waals surface area contributed by atoms with Crippen molar-refractivity contribution in [3.63, 3.8) is 0 Å². The first-order valence-corrected chi connectivity index (χ1v) is 6.70. The van der Waals surface area contributed by atoms with Gasteiger partial charge >= 0.3 is 0 Å². The number of imidazole rings is 1. The topological polar surface area (TPSA) is 56.0 Å². The predicted octanol–water partition coefficient (Wildman–Crippen LogP) is 3.25. The van der Waals surface area contributed by atoms with Gasteiger partial charge in [0.05, 0.1) is 17.4 Å². The monoisotopic (exact) mass is 283 g/mol. The minimum Gasteiger partial charge on any atom is -0.308 e. The van der Waals surface area contributed by atoms with E-state index in [-0.39, 0.29) is 5.28 Å². The van der Waals surface area contributed by atoms with Crippen LogP contribution in [0.2, 0.25) is 5.28 Å². The maximum atomic E-state index is 5.85. The van der Waals surface area contributed by atoms with Gasteiger partial charge in [-0.15, -0.1) is 0 Å². The highest BCUT2D eigenvalue weighted by Crippen LogP contribution is 2.28. The molecule has 6 heteroatoms. The first-order chi connectivity index (χ1) is 9.81. The Labute approximate surface area is 120 Å². The molecule has 0 spiro atoms. The highest BCUT2D eigenvalue weighted by Gasteiger charge is 2.13. The molecule has 0 saturated carbocycles. The molecular weight excluding hydrogens is 274 g/mol. The van der Waals surface area contributed by atoms with Gasteiger partial charge in [-0.25, -0.2) is 19.9 Å². The lowest BCUT2D eigenvalue weighted by Crippen LogP contribution is -2.04. The number of hydrogen-bond donors (Lipinski definition) is 0. The Morgan fingerprint density at radius 3 is 3.05 bits per heavy atom. The predicted molar refractivity (Wildman–Crippen MR) is 78.5 cm³/mol. The number of rotatable bonds is 1. The molecule has 98 valence electrons. The van der Waals surface area contributed by atoms with E-state index >= 15 is 0 Å². The van der Waals surface area contributed by atoms with Crippen molar-refractivity contribution in [2.24, 2.45) is 4.99 Å². The highest BCUT2D eigenvalue weighted by atomic mass is 35.5. The van der Waals surface area contributed by atoms with Gasteiger partial charge in [0, 0.05) is 36.3 Å². The van der Waals surface area contributed by atoms with Crippen LogP contribution in [0.3, 0.4) is 0 Å². The smallest absolute Gasteiger partial charge is 0.229 e. The van der Waals surface area contributed by atoms with E-state index < -0.39 is 0 Å². The summed E-state index contributed by atoms with van der Waals surface area (Å²) in [5, 5.41) is 1.23. The van der Waals surface area contributed by atoms with E-state index in [4.69, 9.17) is 11.6 Å². The first-order valence-electron chi connectivity index (χ1n) is 6.32. The molecule has 0 atom stereocenters. The summed E-state index contributed by atoms with van der Waals surface area (Å²) in [7, 11) is 0. The minimum atomic E-state index is 0.259. The lowest BCUT2D eigenvalue weighted by molar-refractivity contribution is 0.723. The quantitative estimate of drug-likeness (QED) is 0.644.